The van der Waals surface area contributed by atoms with Gasteiger partial charge in [0.05, 0.1) is 12.5 Å². The van der Waals surface area contributed by atoms with E-state index in [1.165, 1.54) is 29.5 Å². The van der Waals surface area contributed by atoms with Crippen molar-refractivity contribution in [3.05, 3.63) is 36.3 Å². The van der Waals surface area contributed by atoms with Gasteiger partial charge in [0.25, 0.3) is 5.91 Å². The number of carbonyl (C=O) groups is 2. The standard InChI is InChI=1S/C10H9N5O3/c1-15-5-11-4-6(15)9(16)14-8-7(10(17)18)12-2-3-13-8/h2-5H,1H3,(H,17,18)(H,13,14,16). The number of aromatic nitrogens is 4. The third-order valence-corrected chi connectivity index (χ3v) is 2.18. The highest BCUT2D eigenvalue weighted by molar-refractivity contribution is 6.05. The molecule has 0 saturated carbocycles. The summed E-state index contributed by atoms with van der Waals surface area (Å²) in [6, 6.07) is 0. The van der Waals surface area contributed by atoms with Gasteiger partial charge in [-0.2, -0.15) is 0 Å². The second-order valence-corrected chi connectivity index (χ2v) is 3.40. The van der Waals surface area contributed by atoms with E-state index in [2.05, 4.69) is 20.3 Å². The molecule has 0 radical (unpaired) electrons. The molecule has 2 rings (SSSR count). The lowest BCUT2D eigenvalue weighted by molar-refractivity contribution is 0.0691. The predicted molar refractivity (Wildman–Crippen MR) is 60.2 cm³/mol. The van der Waals surface area contributed by atoms with Gasteiger partial charge in [-0.05, 0) is 0 Å². The Kier molecular flexibility index (Phi) is 3.00. The number of carbonyl (C=O) groups excluding carboxylic acids is 1. The maximum atomic E-state index is 11.8. The van der Waals surface area contributed by atoms with Crippen LogP contribution in [0.2, 0.25) is 0 Å². The van der Waals surface area contributed by atoms with Gasteiger partial charge < -0.3 is 15.0 Å². The van der Waals surface area contributed by atoms with Crippen LogP contribution in [-0.4, -0.2) is 36.5 Å². The van der Waals surface area contributed by atoms with Crippen LogP contribution in [0.4, 0.5) is 5.82 Å². The molecular formula is C10H9N5O3. The molecule has 0 bridgehead atoms. The van der Waals surface area contributed by atoms with E-state index in [0.717, 1.165) is 0 Å². The van der Waals surface area contributed by atoms with E-state index < -0.39 is 11.9 Å². The second kappa shape index (κ2) is 4.62. The Bertz CT molecular complexity index is 607. The number of hydrogen-bond donors (Lipinski definition) is 2. The topological polar surface area (TPSA) is 110 Å². The molecule has 0 saturated heterocycles. The number of anilines is 1. The van der Waals surface area contributed by atoms with E-state index in [-0.39, 0.29) is 17.2 Å². The van der Waals surface area contributed by atoms with Gasteiger partial charge in [0, 0.05) is 19.4 Å². The predicted octanol–water partition coefficient (Wildman–Crippen LogP) is 0.161. The number of amides is 1. The van der Waals surface area contributed by atoms with Crippen molar-refractivity contribution in [3.8, 4) is 0 Å². The van der Waals surface area contributed by atoms with Crippen LogP contribution in [0.1, 0.15) is 21.0 Å². The normalized spacial score (nSPS) is 10.1. The number of hydrogen-bond acceptors (Lipinski definition) is 5. The van der Waals surface area contributed by atoms with Crippen molar-refractivity contribution < 1.29 is 14.7 Å². The first-order chi connectivity index (χ1) is 8.59. The summed E-state index contributed by atoms with van der Waals surface area (Å²) in [5, 5.41) is 11.3. The van der Waals surface area contributed by atoms with Gasteiger partial charge in [-0.25, -0.2) is 19.7 Å². The van der Waals surface area contributed by atoms with Gasteiger partial charge >= 0.3 is 5.97 Å². The number of rotatable bonds is 3. The van der Waals surface area contributed by atoms with E-state index in [0.29, 0.717) is 0 Å². The molecule has 0 aliphatic rings. The summed E-state index contributed by atoms with van der Waals surface area (Å²) in [6.07, 6.45) is 5.37. The van der Waals surface area contributed by atoms with E-state index in [1.54, 1.807) is 7.05 Å². The number of carboxylic acid groups (broad SMARTS) is 1. The Balaban J connectivity index is 2.28. The Labute approximate surface area is 101 Å². The van der Waals surface area contributed by atoms with Crippen molar-refractivity contribution in [2.24, 2.45) is 7.05 Å². The average molecular weight is 247 g/mol. The molecule has 2 heterocycles. The number of aromatic carboxylic acids is 1. The first-order valence-electron chi connectivity index (χ1n) is 4.91. The highest BCUT2D eigenvalue weighted by atomic mass is 16.4. The van der Waals surface area contributed by atoms with E-state index >= 15 is 0 Å². The molecule has 0 unspecified atom stereocenters. The van der Waals surface area contributed by atoms with Crippen molar-refractivity contribution >= 4 is 17.7 Å². The molecule has 0 atom stereocenters. The molecule has 8 nitrogen and oxygen atoms in total. The molecule has 92 valence electrons. The van der Waals surface area contributed by atoms with Gasteiger partial charge in [-0.1, -0.05) is 0 Å². The van der Waals surface area contributed by atoms with Gasteiger partial charge in [0.1, 0.15) is 5.69 Å². The van der Waals surface area contributed by atoms with Crippen LogP contribution in [-0.2, 0) is 7.05 Å². The molecule has 0 fully saturated rings. The molecule has 0 aliphatic heterocycles. The molecular weight excluding hydrogens is 238 g/mol. The first-order valence-corrected chi connectivity index (χ1v) is 4.91. The zero-order valence-corrected chi connectivity index (χ0v) is 9.36. The summed E-state index contributed by atoms with van der Waals surface area (Å²) in [7, 11) is 1.65. The van der Waals surface area contributed by atoms with E-state index in [4.69, 9.17) is 5.11 Å². The summed E-state index contributed by atoms with van der Waals surface area (Å²) < 4.78 is 1.51. The Hall–Kier alpha value is -2.77. The third-order valence-electron chi connectivity index (χ3n) is 2.18. The zero-order valence-electron chi connectivity index (χ0n) is 9.36. The highest BCUT2D eigenvalue weighted by Gasteiger charge is 2.17. The number of imidazole rings is 1. The zero-order chi connectivity index (χ0) is 13.1. The van der Waals surface area contributed by atoms with Crippen molar-refractivity contribution in [1.82, 2.24) is 19.5 Å². The maximum absolute atomic E-state index is 11.8. The molecule has 0 spiro atoms. The minimum Gasteiger partial charge on any atom is -0.476 e. The third kappa shape index (κ3) is 2.17. The van der Waals surface area contributed by atoms with Gasteiger partial charge in [0.2, 0.25) is 0 Å². The molecule has 0 aromatic carbocycles. The van der Waals surface area contributed by atoms with Gasteiger partial charge in [-0.15, -0.1) is 0 Å². The molecule has 0 aliphatic carbocycles. The Morgan fingerprint density at radius 3 is 2.67 bits per heavy atom. The molecule has 2 aromatic rings. The van der Waals surface area contributed by atoms with Crippen molar-refractivity contribution in [2.45, 2.75) is 0 Å². The number of aryl methyl sites for hydroxylation is 1. The van der Waals surface area contributed by atoms with Crippen LogP contribution in [0.15, 0.2) is 24.9 Å². The first kappa shape index (κ1) is 11.7. The van der Waals surface area contributed by atoms with Crippen molar-refractivity contribution in [2.75, 3.05) is 5.32 Å². The lowest BCUT2D eigenvalue weighted by atomic mass is 10.3. The van der Waals surface area contributed by atoms with E-state index in [9.17, 15) is 9.59 Å². The van der Waals surface area contributed by atoms with Crippen LogP contribution >= 0.6 is 0 Å². The van der Waals surface area contributed by atoms with Gasteiger partial charge in [0.15, 0.2) is 11.5 Å². The largest absolute Gasteiger partial charge is 0.476 e. The second-order valence-electron chi connectivity index (χ2n) is 3.40. The lowest BCUT2D eigenvalue weighted by Gasteiger charge is -2.06. The smallest absolute Gasteiger partial charge is 0.358 e. The molecule has 1 amide bonds. The van der Waals surface area contributed by atoms with Crippen LogP contribution in [0.5, 0.6) is 0 Å². The fourth-order valence-electron chi connectivity index (χ4n) is 1.33. The van der Waals surface area contributed by atoms with Crippen LogP contribution in [0.25, 0.3) is 0 Å². The molecule has 8 heteroatoms. The average Bonchev–Trinajstić information content (AvgIpc) is 2.76. The van der Waals surface area contributed by atoms with Crippen molar-refractivity contribution in [3.63, 3.8) is 0 Å². The summed E-state index contributed by atoms with van der Waals surface area (Å²) in [4.78, 5) is 33.9. The fourth-order valence-corrected chi connectivity index (χ4v) is 1.33. The SMILES string of the molecule is Cn1cncc1C(=O)Nc1nccnc1C(=O)O. The molecule has 2 aromatic heterocycles. The molecule has 2 N–H and O–H groups in total. The van der Waals surface area contributed by atoms with Crippen molar-refractivity contribution in [1.29, 1.82) is 0 Å². The Morgan fingerprint density at radius 1 is 1.33 bits per heavy atom. The lowest BCUT2D eigenvalue weighted by Crippen LogP contribution is -2.19. The quantitative estimate of drug-likeness (QED) is 0.799. The fraction of sp³-hybridized carbons (Fsp3) is 0.100. The minimum absolute atomic E-state index is 0.101. The van der Waals surface area contributed by atoms with Crippen LogP contribution < -0.4 is 5.32 Å². The minimum atomic E-state index is -1.26. The van der Waals surface area contributed by atoms with Crippen LogP contribution in [0.3, 0.4) is 0 Å². The number of nitrogens with zero attached hydrogens (tertiary/aromatic N) is 4. The monoisotopic (exact) mass is 247 g/mol. The summed E-state index contributed by atoms with van der Waals surface area (Å²) in [5.41, 5.74) is -0.0231. The summed E-state index contributed by atoms with van der Waals surface area (Å²) in [5.74, 6) is -1.86. The van der Waals surface area contributed by atoms with E-state index in [1.807, 2.05) is 0 Å². The number of nitrogens with one attached hydrogen (secondary N) is 1. The van der Waals surface area contributed by atoms with Gasteiger partial charge in [-0.3, -0.25) is 4.79 Å². The molecule has 18 heavy (non-hydrogen) atoms. The van der Waals surface area contributed by atoms with Crippen LogP contribution in [0, 0.1) is 0 Å². The number of carboxylic acids is 1. The summed E-state index contributed by atoms with van der Waals surface area (Å²) >= 11 is 0. The highest BCUT2D eigenvalue weighted by Crippen LogP contribution is 2.10. The Morgan fingerprint density at radius 2 is 2.06 bits per heavy atom. The maximum Gasteiger partial charge on any atom is 0.358 e. The summed E-state index contributed by atoms with van der Waals surface area (Å²) in [6.45, 7) is 0.